The number of nitrogens with zero attached hydrogens (tertiary/aromatic N) is 2. The van der Waals surface area contributed by atoms with E-state index in [9.17, 15) is 8.78 Å². The average Bonchev–Trinajstić information content (AvgIpc) is 2.60. The Kier molecular flexibility index (Phi) is 5.36. The number of halogens is 2. The van der Waals surface area contributed by atoms with E-state index in [0.29, 0.717) is 11.6 Å². The number of fused-ring (bicyclic) bond motifs is 1. The van der Waals surface area contributed by atoms with Crippen molar-refractivity contribution in [3.63, 3.8) is 0 Å². The van der Waals surface area contributed by atoms with E-state index in [1.165, 1.54) is 5.56 Å². The molecule has 3 rings (SSSR count). The number of benzene rings is 1. The molecule has 0 saturated heterocycles. The number of rotatable bonds is 5. The second-order valence-electron chi connectivity index (χ2n) is 6.99. The molecule has 1 aliphatic rings. The summed E-state index contributed by atoms with van der Waals surface area (Å²) in [6.45, 7) is 7.20. The summed E-state index contributed by atoms with van der Waals surface area (Å²) in [5.74, 6) is 0. The van der Waals surface area contributed by atoms with Gasteiger partial charge in [0, 0.05) is 35.7 Å². The molecule has 1 atom stereocenters. The second kappa shape index (κ2) is 7.51. The smallest absolute Gasteiger partial charge is 0.264 e. The van der Waals surface area contributed by atoms with Crippen LogP contribution in [0.15, 0.2) is 30.5 Å². The Balaban J connectivity index is 2.10. The summed E-state index contributed by atoms with van der Waals surface area (Å²) in [6, 6.07) is 7.80. The fourth-order valence-electron chi connectivity index (χ4n) is 3.85. The van der Waals surface area contributed by atoms with Crippen LogP contribution in [-0.4, -0.2) is 17.6 Å². The monoisotopic (exact) mass is 344 g/mol. The summed E-state index contributed by atoms with van der Waals surface area (Å²) in [5, 5.41) is 0. The zero-order valence-electron chi connectivity index (χ0n) is 15.2. The van der Waals surface area contributed by atoms with Crippen LogP contribution in [0.1, 0.15) is 56.4 Å². The third-order valence-corrected chi connectivity index (χ3v) is 5.09. The Labute approximate surface area is 148 Å². The molecule has 25 heavy (non-hydrogen) atoms. The van der Waals surface area contributed by atoms with Crippen LogP contribution in [0.4, 0.5) is 14.5 Å². The maximum Gasteiger partial charge on any atom is 0.264 e. The van der Waals surface area contributed by atoms with Crippen molar-refractivity contribution in [3.8, 4) is 11.1 Å². The Hall–Kier alpha value is -1.97. The lowest BCUT2D eigenvalue weighted by atomic mass is 9.91. The quantitative estimate of drug-likeness (QED) is 0.668. The molecule has 4 heteroatoms. The third kappa shape index (κ3) is 3.68. The lowest BCUT2D eigenvalue weighted by molar-refractivity contribution is 0.152. The zero-order chi connectivity index (χ0) is 18.0. The molecule has 0 fully saturated rings. The van der Waals surface area contributed by atoms with Crippen LogP contribution in [-0.2, 0) is 6.42 Å². The molecule has 1 aliphatic heterocycles. The van der Waals surface area contributed by atoms with Gasteiger partial charge in [-0.15, -0.1) is 0 Å². The van der Waals surface area contributed by atoms with Gasteiger partial charge in [0.15, 0.2) is 0 Å². The van der Waals surface area contributed by atoms with Gasteiger partial charge >= 0.3 is 0 Å². The van der Waals surface area contributed by atoms with E-state index < -0.39 is 6.43 Å². The number of hydrogen-bond acceptors (Lipinski definition) is 2. The van der Waals surface area contributed by atoms with Crippen LogP contribution in [0.5, 0.6) is 0 Å². The highest BCUT2D eigenvalue weighted by Gasteiger charge is 2.25. The van der Waals surface area contributed by atoms with Gasteiger partial charge < -0.3 is 4.90 Å². The molecule has 2 heterocycles. The van der Waals surface area contributed by atoms with E-state index in [1.807, 2.05) is 25.1 Å². The fourth-order valence-corrected chi connectivity index (χ4v) is 3.85. The Morgan fingerprint density at radius 2 is 2.04 bits per heavy atom. The summed E-state index contributed by atoms with van der Waals surface area (Å²) in [6.07, 6.45) is 3.40. The van der Waals surface area contributed by atoms with E-state index in [0.717, 1.165) is 49.2 Å². The number of aryl methyl sites for hydroxylation is 2. The topological polar surface area (TPSA) is 16.1 Å². The Morgan fingerprint density at radius 3 is 2.72 bits per heavy atom. The largest absolute Gasteiger partial charge is 0.369 e. The highest BCUT2D eigenvalue weighted by molar-refractivity contribution is 5.74. The van der Waals surface area contributed by atoms with Crippen molar-refractivity contribution in [2.75, 3.05) is 11.4 Å². The minimum Gasteiger partial charge on any atom is -0.369 e. The molecule has 2 nitrogen and oxygen atoms in total. The lowest BCUT2D eigenvalue weighted by Gasteiger charge is -2.37. The van der Waals surface area contributed by atoms with Crippen LogP contribution in [0.3, 0.4) is 0 Å². The SMILES string of the molecule is CCCC(C)N1CCCc2cc(-c3ccnc(C)c3)c(C(F)F)cc21. The van der Waals surface area contributed by atoms with E-state index >= 15 is 0 Å². The van der Waals surface area contributed by atoms with Gasteiger partial charge in [-0.1, -0.05) is 13.3 Å². The molecule has 1 aromatic carbocycles. The van der Waals surface area contributed by atoms with Gasteiger partial charge in [-0.25, -0.2) is 8.78 Å². The van der Waals surface area contributed by atoms with Gasteiger partial charge in [0.2, 0.25) is 0 Å². The van der Waals surface area contributed by atoms with E-state index in [2.05, 4.69) is 23.7 Å². The van der Waals surface area contributed by atoms with Crippen molar-refractivity contribution in [2.45, 2.75) is 58.9 Å². The van der Waals surface area contributed by atoms with Crippen molar-refractivity contribution in [2.24, 2.45) is 0 Å². The van der Waals surface area contributed by atoms with Gasteiger partial charge in [-0.3, -0.25) is 4.98 Å². The molecule has 0 amide bonds. The second-order valence-corrected chi connectivity index (χ2v) is 6.99. The minimum absolute atomic E-state index is 0.125. The molecular weight excluding hydrogens is 318 g/mol. The summed E-state index contributed by atoms with van der Waals surface area (Å²) in [7, 11) is 0. The molecule has 0 radical (unpaired) electrons. The first-order valence-electron chi connectivity index (χ1n) is 9.16. The Morgan fingerprint density at radius 1 is 1.24 bits per heavy atom. The predicted molar refractivity (Wildman–Crippen MR) is 99.4 cm³/mol. The fraction of sp³-hybridized carbons (Fsp3) is 0.476. The van der Waals surface area contributed by atoms with Crippen LogP contribution >= 0.6 is 0 Å². The van der Waals surface area contributed by atoms with Gasteiger partial charge in [0.1, 0.15) is 0 Å². The van der Waals surface area contributed by atoms with Crippen LogP contribution in [0, 0.1) is 6.92 Å². The first-order chi connectivity index (χ1) is 12.0. The molecule has 0 saturated carbocycles. The van der Waals surface area contributed by atoms with E-state index in [-0.39, 0.29) is 5.56 Å². The minimum atomic E-state index is -2.49. The molecule has 0 bridgehead atoms. The standard InChI is InChI=1S/C21H26F2N2/c1-4-6-15(3)25-10-5-7-17-12-18(16-8-9-24-14(2)11-16)19(21(22)23)13-20(17)25/h8-9,11-13,15,21H,4-7,10H2,1-3H3. The zero-order valence-corrected chi connectivity index (χ0v) is 15.2. The molecule has 1 unspecified atom stereocenters. The van der Waals surface area contributed by atoms with Gasteiger partial charge in [0.25, 0.3) is 6.43 Å². The summed E-state index contributed by atoms with van der Waals surface area (Å²) >= 11 is 0. The van der Waals surface area contributed by atoms with Crippen LogP contribution in [0.25, 0.3) is 11.1 Å². The number of aromatic nitrogens is 1. The first-order valence-corrected chi connectivity index (χ1v) is 9.16. The molecule has 134 valence electrons. The predicted octanol–water partition coefficient (Wildman–Crippen LogP) is 5.94. The van der Waals surface area contributed by atoms with Crippen molar-refractivity contribution in [1.82, 2.24) is 4.98 Å². The molecule has 2 aromatic rings. The molecule has 0 aliphatic carbocycles. The number of alkyl halides is 2. The van der Waals surface area contributed by atoms with Crippen molar-refractivity contribution in [1.29, 1.82) is 0 Å². The van der Waals surface area contributed by atoms with Gasteiger partial charge in [-0.2, -0.15) is 0 Å². The molecular formula is C21H26F2N2. The molecule has 0 spiro atoms. The third-order valence-electron chi connectivity index (χ3n) is 5.09. The maximum atomic E-state index is 13.8. The highest BCUT2D eigenvalue weighted by atomic mass is 19.3. The summed E-state index contributed by atoms with van der Waals surface area (Å²) < 4.78 is 27.7. The highest BCUT2D eigenvalue weighted by Crippen LogP contribution is 2.39. The van der Waals surface area contributed by atoms with Crippen molar-refractivity contribution in [3.05, 3.63) is 47.3 Å². The number of anilines is 1. The number of hydrogen-bond donors (Lipinski definition) is 0. The average molecular weight is 344 g/mol. The maximum absolute atomic E-state index is 13.8. The Bertz CT molecular complexity index is 743. The van der Waals surface area contributed by atoms with Crippen LogP contribution in [0.2, 0.25) is 0 Å². The lowest BCUT2D eigenvalue weighted by Crippen LogP contribution is -2.37. The van der Waals surface area contributed by atoms with Gasteiger partial charge in [-0.05, 0) is 74.1 Å². The van der Waals surface area contributed by atoms with Crippen LogP contribution < -0.4 is 4.90 Å². The van der Waals surface area contributed by atoms with Crippen molar-refractivity contribution >= 4 is 5.69 Å². The molecule has 1 aromatic heterocycles. The van der Waals surface area contributed by atoms with E-state index in [4.69, 9.17) is 0 Å². The first kappa shape index (κ1) is 17.8. The van der Waals surface area contributed by atoms with Crippen molar-refractivity contribution < 1.29 is 8.78 Å². The number of pyridine rings is 1. The van der Waals surface area contributed by atoms with Gasteiger partial charge in [0.05, 0.1) is 0 Å². The molecule has 0 N–H and O–H groups in total. The van der Waals surface area contributed by atoms with E-state index in [1.54, 1.807) is 12.3 Å². The normalized spacial score (nSPS) is 15.4. The summed E-state index contributed by atoms with van der Waals surface area (Å²) in [4.78, 5) is 6.50. The summed E-state index contributed by atoms with van der Waals surface area (Å²) in [5.41, 5.74) is 4.61.